The number of hydrogen-bond donors (Lipinski definition) is 0. The van der Waals surface area contributed by atoms with Gasteiger partial charge in [0.15, 0.2) is 0 Å². The molecule has 0 atom stereocenters. The van der Waals surface area contributed by atoms with Crippen molar-refractivity contribution in [3.05, 3.63) is 35.1 Å². The molecule has 0 unspecified atom stereocenters. The highest BCUT2D eigenvalue weighted by Gasteiger charge is 2.23. The van der Waals surface area contributed by atoms with Crippen LogP contribution in [0.2, 0.25) is 0 Å². The van der Waals surface area contributed by atoms with Gasteiger partial charge in [-0.1, -0.05) is 17.6 Å². The number of nitrogens with zero attached hydrogens (tertiary/aromatic N) is 2. The SMILES string of the molecule is C#CCN1CCN(C(=O)c2cc(C)ccc2F)CC1. The van der Waals surface area contributed by atoms with E-state index in [1.165, 1.54) is 6.07 Å². The molecule has 0 spiro atoms. The molecular formula is C15H17FN2O. The second-order valence-corrected chi connectivity index (χ2v) is 4.76. The Morgan fingerprint density at radius 3 is 2.68 bits per heavy atom. The number of carbonyl (C=O) groups excluding carboxylic acids is 1. The van der Waals surface area contributed by atoms with E-state index >= 15 is 0 Å². The average molecular weight is 260 g/mol. The van der Waals surface area contributed by atoms with E-state index in [0.717, 1.165) is 18.7 Å². The van der Waals surface area contributed by atoms with Gasteiger partial charge in [0.25, 0.3) is 5.91 Å². The van der Waals surface area contributed by atoms with Gasteiger partial charge in [-0.15, -0.1) is 6.42 Å². The highest BCUT2D eigenvalue weighted by Crippen LogP contribution is 2.14. The summed E-state index contributed by atoms with van der Waals surface area (Å²) in [5, 5.41) is 0. The maximum atomic E-state index is 13.7. The normalized spacial score (nSPS) is 16.2. The molecule has 0 aliphatic carbocycles. The molecule has 1 heterocycles. The summed E-state index contributed by atoms with van der Waals surface area (Å²) >= 11 is 0. The Kier molecular flexibility index (Phi) is 4.18. The molecule has 0 radical (unpaired) electrons. The first-order valence-electron chi connectivity index (χ1n) is 6.33. The van der Waals surface area contributed by atoms with Crippen molar-refractivity contribution < 1.29 is 9.18 Å². The van der Waals surface area contributed by atoms with Crippen molar-refractivity contribution in [3.63, 3.8) is 0 Å². The number of amides is 1. The van der Waals surface area contributed by atoms with Gasteiger partial charge in [0, 0.05) is 26.2 Å². The van der Waals surface area contributed by atoms with Gasteiger partial charge in [0.2, 0.25) is 0 Å². The first-order valence-corrected chi connectivity index (χ1v) is 6.33. The molecule has 1 aromatic carbocycles. The van der Waals surface area contributed by atoms with Gasteiger partial charge in [-0.3, -0.25) is 9.69 Å². The van der Waals surface area contributed by atoms with Crippen LogP contribution in [0, 0.1) is 25.1 Å². The minimum atomic E-state index is -0.457. The molecule has 2 rings (SSSR count). The number of aryl methyl sites for hydroxylation is 1. The van der Waals surface area contributed by atoms with E-state index in [1.54, 1.807) is 17.0 Å². The van der Waals surface area contributed by atoms with E-state index in [-0.39, 0.29) is 11.5 Å². The van der Waals surface area contributed by atoms with Crippen LogP contribution in [0.25, 0.3) is 0 Å². The molecule has 0 saturated carbocycles. The van der Waals surface area contributed by atoms with E-state index in [9.17, 15) is 9.18 Å². The number of carbonyl (C=O) groups is 1. The van der Waals surface area contributed by atoms with Crippen molar-refractivity contribution in [1.82, 2.24) is 9.80 Å². The largest absolute Gasteiger partial charge is 0.336 e. The highest BCUT2D eigenvalue weighted by atomic mass is 19.1. The Labute approximate surface area is 113 Å². The molecule has 1 amide bonds. The minimum absolute atomic E-state index is 0.158. The van der Waals surface area contributed by atoms with Gasteiger partial charge in [-0.2, -0.15) is 0 Å². The maximum absolute atomic E-state index is 13.7. The first-order chi connectivity index (χ1) is 9.11. The number of hydrogen-bond acceptors (Lipinski definition) is 2. The molecule has 1 saturated heterocycles. The molecule has 100 valence electrons. The summed E-state index contributed by atoms with van der Waals surface area (Å²) in [6, 6.07) is 4.61. The Balaban J connectivity index is 2.05. The van der Waals surface area contributed by atoms with Crippen LogP contribution in [0.5, 0.6) is 0 Å². The van der Waals surface area contributed by atoms with E-state index in [2.05, 4.69) is 10.8 Å². The summed E-state index contributed by atoms with van der Waals surface area (Å²) in [4.78, 5) is 16.1. The van der Waals surface area contributed by atoms with Gasteiger partial charge in [-0.05, 0) is 19.1 Å². The number of benzene rings is 1. The van der Waals surface area contributed by atoms with E-state index in [1.807, 2.05) is 6.92 Å². The van der Waals surface area contributed by atoms with Crippen LogP contribution in [0.4, 0.5) is 4.39 Å². The fraction of sp³-hybridized carbons (Fsp3) is 0.400. The number of piperazine rings is 1. The lowest BCUT2D eigenvalue weighted by Gasteiger charge is -2.33. The zero-order chi connectivity index (χ0) is 13.8. The fourth-order valence-corrected chi connectivity index (χ4v) is 2.21. The van der Waals surface area contributed by atoms with Crippen LogP contribution in [-0.4, -0.2) is 48.4 Å². The number of rotatable bonds is 2. The average Bonchev–Trinajstić information content (AvgIpc) is 2.42. The van der Waals surface area contributed by atoms with Crippen molar-refractivity contribution >= 4 is 5.91 Å². The van der Waals surface area contributed by atoms with Crippen LogP contribution in [-0.2, 0) is 0 Å². The zero-order valence-electron chi connectivity index (χ0n) is 11.0. The Morgan fingerprint density at radius 2 is 2.05 bits per heavy atom. The van der Waals surface area contributed by atoms with Gasteiger partial charge >= 0.3 is 0 Å². The lowest BCUT2D eigenvalue weighted by Crippen LogP contribution is -2.48. The number of halogens is 1. The van der Waals surface area contributed by atoms with Crippen LogP contribution in [0.3, 0.4) is 0 Å². The topological polar surface area (TPSA) is 23.6 Å². The molecular weight excluding hydrogens is 243 g/mol. The monoisotopic (exact) mass is 260 g/mol. The summed E-state index contributed by atoms with van der Waals surface area (Å²) in [5.74, 6) is 1.90. The molecule has 1 aliphatic heterocycles. The van der Waals surface area contributed by atoms with Crippen LogP contribution in [0.15, 0.2) is 18.2 Å². The molecule has 0 N–H and O–H groups in total. The smallest absolute Gasteiger partial charge is 0.256 e. The first kappa shape index (κ1) is 13.6. The summed E-state index contributed by atoms with van der Waals surface area (Å²) < 4.78 is 13.7. The molecule has 1 aliphatic rings. The summed E-state index contributed by atoms with van der Waals surface area (Å²) in [5.41, 5.74) is 1.04. The number of terminal acetylenes is 1. The molecule has 4 heteroatoms. The molecule has 1 fully saturated rings. The highest BCUT2D eigenvalue weighted by molar-refractivity contribution is 5.94. The lowest BCUT2D eigenvalue weighted by atomic mass is 10.1. The molecule has 0 bridgehead atoms. The van der Waals surface area contributed by atoms with Crippen molar-refractivity contribution in [2.75, 3.05) is 32.7 Å². The van der Waals surface area contributed by atoms with Gasteiger partial charge in [0.05, 0.1) is 12.1 Å². The van der Waals surface area contributed by atoms with Crippen molar-refractivity contribution in [1.29, 1.82) is 0 Å². The van der Waals surface area contributed by atoms with Crippen molar-refractivity contribution in [3.8, 4) is 12.3 Å². The van der Waals surface area contributed by atoms with E-state index < -0.39 is 5.82 Å². The Morgan fingerprint density at radius 1 is 1.37 bits per heavy atom. The fourth-order valence-electron chi connectivity index (χ4n) is 2.21. The summed E-state index contributed by atoms with van der Waals surface area (Å²) in [6.07, 6.45) is 5.26. The van der Waals surface area contributed by atoms with Crippen molar-refractivity contribution in [2.24, 2.45) is 0 Å². The maximum Gasteiger partial charge on any atom is 0.256 e. The minimum Gasteiger partial charge on any atom is -0.336 e. The molecule has 3 nitrogen and oxygen atoms in total. The third kappa shape index (κ3) is 3.12. The van der Waals surface area contributed by atoms with Crippen LogP contribution < -0.4 is 0 Å². The quantitative estimate of drug-likeness (QED) is 0.753. The third-order valence-electron chi connectivity index (χ3n) is 3.33. The van der Waals surface area contributed by atoms with E-state index in [4.69, 9.17) is 6.42 Å². The van der Waals surface area contributed by atoms with Gasteiger partial charge in [-0.25, -0.2) is 4.39 Å². The molecule has 19 heavy (non-hydrogen) atoms. The predicted molar refractivity (Wildman–Crippen MR) is 72.3 cm³/mol. The predicted octanol–water partition coefficient (Wildman–Crippen LogP) is 1.53. The molecule has 0 aromatic heterocycles. The lowest BCUT2D eigenvalue weighted by molar-refractivity contribution is 0.0647. The van der Waals surface area contributed by atoms with Gasteiger partial charge in [0.1, 0.15) is 5.82 Å². The van der Waals surface area contributed by atoms with Gasteiger partial charge < -0.3 is 4.90 Å². The third-order valence-corrected chi connectivity index (χ3v) is 3.33. The van der Waals surface area contributed by atoms with Crippen LogP contribution in [0.1, 0.15) is 15.9 Å². The standard InChI is InChI=1S/C15H17FN2O/c1-3-6-17-7-9-18(10-8-17)15(19)13-11-12(2)4-5-14(13)16/h1,4-5,11H,6-10H2,2H3. The summed E-state index contributed by atoms with van der Waals surface area (Å²) in [6.45, 7) is 5.11. The van der Waals surface area contributed by atoms with Crippen molar-refractivity contribution in [2.45, 2.75) is 6.92 Å². The van der Waals surface area contributed by atoms with Crippen LogP contribution >= 0.6 is 0 Å². The second kappa shape index (κ2) is 5.85. The van der Waals surface area contributed by atoms with E-state index in [0.29, 0.717) is 19.6 Å². The Bertz CT molecular complexity index is 513. The summed E-state index contributed by atoms with van der Waals surface area (Å²) in [7, 11) is 0. The second-order valence-electron chi connectivity index (χ2n) is 4.76. The zero-order valence-corrected chi connectivity index (χ0v) is 11.0. The molecule has 1 aromatic rings. The Hall–Kier alpha value is -1.86.